The van der Waals surface area contributed by atoms with Gasteiger partial charge in [0.1, 0.15) is 5.69 Å². The number of hydrogen-bond acceptors (Lipinski definition) is 4. The van der Waals surface area contributed by atoms with Crippen LogP contribution < -0.4 is 5.32 Å². The predicted molar refractivity (Wildman–Crippen MR) is 68.7 cm³/mol. The lowest BCUT2D eigenvalue weighted by molar-refractivity contribution is 0.102. The fourth-order valence-electron chi connectivity index (χ4n) is 1.39. The summed E-state index contributed by atoms with van der Waals surface area (Å²) < 4.78 is 0. The molecule has 0 aromatic carbocycles. The van der Waals surface area contributed by atoms with E-state index in [-0.39, 0.29) is 16.9 Å². The molecule has 0 spiro atoms. The lowest BCUT2D eigenvalue weighted by Gasteiger charge is -2.05. The predicted octanol–water partition coefficient (Wildman–Crippen LogP) is 2.39. The standard InChI is InChI=1S/C12H11ClN4O/c1-7-3-4-9(6-14-7)16-11(18)10-5-8(2)15-12(13)17-10/h3-6H,1-2H3,(H,16,18). The number of rotatable bonds is 2. The Morgan fingerprint density at radius 2 is 2.00 bits per heavy atom. The smallest absolute Gasteiger partial charge is 0.274 e. The van der Waals surface area contributed by atoms with Gasteiger partial charge in [0, 0.05) is 11.4 Å². The molecule has 1 amide bonds. The summed E-state index contributed by atoms with van der Waals surface area (Å²) in [6, 6.07) is 5.16. The van der Waals surface area contributed by atoms with Crippen LogP contribution in [0.5, 0.6) is 0 Å². The van der Waals surface area contributed by atoms with Gasteiger partial charge >= 0.3 is 0 Å². The van der Waals surface area contributed by atoms with Crippen molar-refractivity contribution in [2.75, 3.05) is 5.32 Å². The van der Waals surface area contributed by atoms with Gasteiger partial charge in [-0.2, -0.15) is 0 Å². The van der Waals surface area contributed by atoms with Crippen molar-refractivity contribution >= 4 is 23.2 Å². The lowest BCUT2D eigenvalue weighted by atomic mass is 10.3. The molecule has 0 atom stereocenters. The van der Waals surface area contributed by atoms with Gasteiger partial charge in [0.05, 0.1) is 11.9 Å². The van der Waals surface area contributed by atoms with E-state index in [1.165, 1.54) is 0 Å². The highest BCUT2D eigenvalue weighted by Crippen LogP contribution is 2.10. The topological polar surface area (TPSA) is 67.8 Å². The quantitative estimate of drug-likeness (QED) is 0.844. The van der Waals surface area contributed by atoms with Gasteiger partial charge in [-0.1, -0.05) is 0 Å². The van der Waals surface area contributed by atoms with Crippen molar-refractivity contribution in [2.45, 2.75) is 13.8 Å². The summed E-state index contributed by atoms with van der Waals surface area (Å²) >= 11 is 5.70. The second kappa shape index (κ2) is 5.10. The minimum absolute atomic E-state index is 0.0576. The third kappa shape index (κ3) is 3.01. The van der Waals surface area contributed by atoms with E-state index in [1.54, 1.807) is 25.3 Å². The SMILES string of the molecule is Cc1ccc(NC(=O)c2cc(C)nc(Cl)n2)cn1. The molecule has 0 aliphatic heterocycles. The highest BCUT2D eigenvalue weighted by Gasteiger charge is 2.10. The first kappa shape index (κ1) is 12.4. The Balaban J connectivity index is 2.19. The van der Waals surface area contributed by atoms with Gasteiger partial charge in [0.15, 0.2) is 0 Å². The molecule has 2 aromatic rings. The van der Waals surface area contributed by atoms with E-state index in [2.05, 4.69) is 20.3 Å². The summed E-state index contributed by atoms with van der Waals surface area (Å²) in [6.07, 6.45) is 1.59. The normalized spacial score (nSPS) is 10.2. The Labute approximate surface area is 109 Å². The van der Waals surface area contributed by atoms with Crippen LogP contribution in [0.1, 0.15) is 21.9 Å². The molecule has 5 nitrogen and oxygen atoms in total. The summed E-state index contributed by atoms with van der Waals surface area (Å²) in [6.45, 7) is 3.62. The molecule has 0 unspecified atom stereocenters. The highest BCUT2D eigenvalue weighted by molar-refractivity contribution is 6.28. The zero-order valence-electron chi connectivity index (χ0n) is 9.94. The Morgan fingerprint density at radius 3 is 2.61 bits per heavy atom. The second-order valence-corrected chi connectivity index (χ2v) is 4.14. The van der Waals surface area contributed by atoms with Crippen LogP contribution in [-0.4, -0.2) is 20.9 Å². The van der Waals surface area contributed by atoms with E-state index in [4.69, 9.17) is 11.6 Å². The molecule has 0 saturated heterocycles. The van der Waals surface area contributed by atoms with Crippen molar-refractivity contribution in [2.24, 2.45) is 0 Å². The monoisotopic (exact) mass is 262 g/mol. The number of carbonyl (C=O) groups excluding carboxylic acids is 1. The van der Waals surface area contributed by atoms with Crippen LogP contribution >= 0.6 is 11.6 Å². The number of aromatic nitrogens is 3. The average Bonchev–Trinajstić information content (AvgIpc) is 2.31. The molecule has 1 N–H and O–H groups in total. The average molecular weight is 263 g/mol. The van der Waals surface area contributed by atoms with Crippen LogP contribution in [0.2, 0.25) is 5.28 Å². The molecule has 92 valence electrons. The maximum absolute atomic E-state index is 11.9. The van der Waals surface area contributed by atoms with Crippen molar-refractivity contribution in [1.82, 2.24) is 15.0 Å². The number of aryl methyl sites for hydroxylation is 2. The molecule has 2 rings (SSSR count). The minimum atomic E-state index is -0.340. The van der Waals surface area contributed by atoms with Crippen molar-refractivity contribution < 1.29 is 4.79 Å². The van der Waals surface area contributed by atoms with E-state index >= 15 is 0 Å². The van der Waals surface area contributed by atoms with Gasteiger partial charge in [-0.25, -0.2) is 9.97 Å². The van der Waals surface area contributed by atoms with E-state index in [0.717, 1.165) is 5.69 Å². The summed E-state index contributed by atoms with van der Waals surface area (Å²) in [5.41, 5.74) is 2.36. The Morgan fingerprint density at radius 1 is 1.22 bits per heavy atom. The molecule has 0 saturated carbocycles. The molecule has 6 heteroatoms. The van der Waals surface area contributed by atoms with Gasteiger partial charge < -0.3 is 5.32 Å². The number of halogens is 1. The maximum atomic E-state index is 11.9. The molecule has 0 aliphatic carbocycles. The first-order chi connectivity index (χ1) is 8.54. The number of carbonyl (C=O) groups is 1. The second-order valence-electron chi connectivity index (χ2n) is 3.81. The number of pyridine rings is 1. The van der Waals surface area contributed by atoms with Gasteiger partial charge in [0.25, 0.3) is 5.91 Å². The Bertz CT molecular complexity index is 563. The van der Waals surface area contributed by atoms with Gasteiger partial charge in [-0.3, -0.25) is 9.78 Å². The summed E-state index contributed by atoms with van der Waals surface area (Å²) in [7, 11) is 0. The molecule has 0 bridgehead atoms. The van der Waals surface area contributed by atoms with Gasteiger partial charge in [0.2, 0.25) is 5.28 Å². The largest absolute Gasteiger partial charge is 0.319 e. The molecular formula is C12H11ClN4O. The number of anilines is 1. The van der Waals surface area contributed by atoms with Crippen molar-refractivity contribution in [3.05, 3.63) is 46.8 Å². The van der Waals surface area contributed by atoms with Crippen molar-refractivity contribution in [3.8, 4) is 0 Å². The number of hydrogen-bond donors (Lipinski definition) is 1. The number of nitrogens with zero attached hydrogens (tertiary/aromatic N) is 3. The fraction of sp³-hybridized carbons (Fsp3) is 0.167. The van der Waals surface area contributed by atoms with E-state index in [9.17, 15) is 4.79 Å². The van der Waals surface area contributed by atoms with Crippen LogP contribution in [-0.2, 0) is 0 Å². The maximum Gasteiger partial charge on any atom is 0.274 e. The molecule has 0 aliphatic rings. The van der Waals surface area contributed by atoms with Crippen LogP contribution in [0, 0.1) is 13.8 Å². The van der Waals surface area contributed by atoms with E-state index in [0.29, 0.717) is 11.4 Å². The molecular weight excluding hydrogens is 252 g/mol. The van der Waals surface area contributed by atoms with Crippen molar-refractivity contribution in [3.63, 3.8) is 0 Å². The zero-order chi connectivity index (χ0) is 13.1. The fourth-order valence-corrected chi connectivity index (χ4v) is 1.61. The Hall–Kier alpha value is -2.01. The van der Waals surface area contributed by atoms with Crippen LogP contribution in [0.4, 0.5) is 5.69 Å². The van der Waals surface area contributed by atoms with E-state index in [1.807, 2.05) is 13.0 Å². The van der Waals surface area contributed by atoms with Crippen LogP contribution in [0.25, 0.3) is 0 Å². The van der Waals surface area contributed by atoms with Gasteiger partial charge in [-0.15, -0.1) is 0 Å². The van der Waals surface area contributed by atoms with Crippen LogP contribution in [0.3, 0.4) is 0 Å². The Kier molecular flexibility index (Phi) is 3.53. The van der Waals surface area contributed by atoms with Crippen LogP contribution in [0.15, 0.2) is 24.4 Å². The summed E-state index contributed by atoms with van der Waals surface area (Å²) in [5.74, 6) is -0.340. The number of nitrogens with one attached hydrogen (secondary N) is 1. The first-order valence-electron chi connectivity index (χ1n) is 5.30. The molecule has 0 fully saturated rings. The summed E-state index contributed by atoms with van der Waals surface area (Å²) in [5, 5.41) is 2.75. The molecule has 2 heterocycles. The highest BCUT2D eigenvalue weighted by atomic mass is 35.5. The first-order valence-corrected chi connectivity index (χ1v) is 5.67. The molecule has 0 radical (unpaired) electrons. The lowest BCUT2D eigenvalue weighted by Crippen LogP contribution is -2.14. The third-order valence-corrected chi connectivity index (χ3v) is 2.40. The van der Waals surface area contributed by atoms with E-state index < -0.39 is 0 Å². The van der Waals surface area contributed by atoms with Gasteiger partial charge in [-0.05, 0) is 43.6 Å². The summed E-state index contributed by atoms with van der Waals surface area (Å²) in [4.78, 5) is 23.8. The third-order valence-electron chi connectivity index (χ3n) is 2.23. The van der Waals surface area contributed by atoms with Crippen molar-refractivity contribution in [1.29, 1.82) is 0 Å². The molecule has 18 heavy (non-hydrogen) atoms. The number of amides is 1. The minimum Gasteiger partial charge on any atom is -0.319 e. The molecule has 2 aromatic heterocycles. The zero-order valence-corrected chi connectivity index (χ0v) is 10.7.